The number of carbonyl (C=O) groups excluding carboxylic acids is 2. The third-order valence-corrected chi connectivity index (χ3v) is 6.04. The van der Waals surface area contributed by atoms with Gasteiger partial charge in [0.15, 0.2) is 11.4 Å². The van der Waals surface area contributed by atoms with Gasteiger partial charge in [-0.05, 0) is 42.7 Å². The van der Waals surface area contributed by atoms with Crippen LogP contribution in [0.4, 0.5) is 5.69 Å². The minimum absolute atomic E-state index is 0.262. The van der Waals surface area contributed by atoms with Crippen molar-refractivity contribution in [1.82, 2.24) is 0 Å². The number of carbonyl (C=O) groups is 2. The summed E-state index contributed by atoms with van der Waals surface area (Å²) in [6.07, 6.45) is 1.68. The Kier molecular flexibility index (Phi) is 6.61. The number of aliphatic hydroxyl groups is 1. The number of hydrogen-bond donors (Lipinski definition) is 1. The maximum atomic E-state index is 13.4. The first-order valence-corrected chi connectivity index (χ1v) is 11.4. The summed E-state index contributed by atoms with van der Waals surface area (Å²) in [6.45, 7) is 4.63. The Balaban J connectivity index is 1.51. The Bertz CT molecular complexity index is 1150. The zero-order valence-corrected chi connectivity index (χ0v) is 19.1. The van der Waals surface area contributed by atoms with Crippen molar-refractivity contribution >= 4 is 17.4 Å². The molecule has 1 amide bonds. The van der Waals surface area contributed by atoms with Crippen LogP contribution in [-0.2, 0) is 16.8 Å². The van der Waals surface area contributed by atoms with Gasteiger partial charge in [-0.1, -0.05) is 67.9 Å². The first-order chi connectivity index (χ1) is 15.9. The largest absolute Gasteiger partial charge is 0.492 e. The Morgan fingerprint density at radius 2 is 1.79 bits per heavy atom. The smallest absolute Gasteiger partial charge is 0.264 e. The van der Waals surface area contributed by atoms with Gasteiger partial charge in [0, 0.05) is 11.1 Å². The zero-order chi connectivity index (χ0) is 23.4. The standard InChI is InChI=1S/C28H29NO4/c1-3-7-21-12-14-22(15-13-21)26(30)19-28(32)24-10-4-5-11-25(24)29(27(28)31)16-17-33-23-9-6-8-20(2)18-23/h4-6,8-15,18,32H,3,7,16-17,19H2,1-2H3. The molecule has 0 saturated carbocycles. The van der Waals surface area contributed by atoms with E-state index in [9.17, 15) is 14.7 Å². The van der Waals surface area contributed by atoms with Gasteiger partial charge < -0.3 is 14.7 Å². The number of ketones is 1. The van der Waals surface area contributed by atoms with E-state index in [1.807, 2.05) is 49.4 Å². The zero-order valence-electron chi connectivity index (χ0n) is 19.1. The second-order valence-electron chi connectivity index (χ2n) is 8.55. The van der Waals surface area contributed by atoms with Crippen LogP contribution < -0.4 is 9.64 Å². The quantitative estimate of drug-likeness (QED) is 0.481. The lowest BCUT2D eigenvalue weighted by molar-refractivity contribution is -0.135. The summed E-state index contributed by atoms with van der Waals surface area (Å²) in [5.41, 5.74) is 1.93. The van der Waals surface area contributed by atoms with Crippen LogP contribution in [0.3, 0.4) is 0 Å². The topological polar surface area (TPSA) is 66.8 Å². The number of benzene rings is 3. The highest BCUT2D eigenvalue weighted by molar-refractivity contribution is 6.10. The van der Waals surface area contributed by atoms with E-state index in [1.54, 1.807) is 30.3 Å². The molecule has 1 heterocycles. The molecule has 1 aliphatic rings. The number of para-hydroxylation sites is 1. The van der Waals surface area contributed by atoms with Crippen LogP contribution in [0, 0.1) is 6.92 Å². The van der Waals surface area contributed by atoms with Crippen molar-refractivity contribution in [2.24, 2.45) is 0 Å². The Labute approximate surface area is 194 Å². The van der Waals surface area contributed by atoms with Crippen molar-refractivity contribution in [3.05, 3.63) is 95.1 Å². The van der Waals surface area contributed by atoms with Crippen molar-refractivity contribution in [2.45, 2.75) is 38.7 Å². The Hall–Kier alpha value is -3.44. The fourth-order valence-electron chi connectivity index (χ4n) is 4.34. The first-order valence-electron chi connectivity index (χ1n) is 11.4. The summed E-state index contributed by atoms with van der Waals surface area (Å²) in [5, 5.41) is 11.5. The lowest BCUT2D eigenvalue weighted by Gasteiger charge is -2.23. The van der Waals surface area contributed by atoms with Crippen LogP contribution in [0.5, 0.6) is 5.75 Å². The van der Waals surface area contributed by atoms with Crippen LogP contribution >= 0.6 is 0 Å². The van der Waals surface area contributed by atoms with E-state index in [1.165, 1.54) is 4.90 Å². The summed E-state index contributed by atoms with van der Waals surface area (Å²) in [4.78, 5) is 27.9. The number of aryl methyl sites for hydroxylation is 2. The molecule has 0 spiro atoms. The number of nitrogens with zero attached hydrogens (tertiary/aromatic N) is 1. The van der Waals surface area contributed by atoms with E-state index in [2.05, 4.69) is 6.92 Å². The third-order valence-electron chi connectivity index (χ3n) is 6.04. The molecule has 0 fully saturated rings. The monoisotopic (exact) mass is 443 g/mol. The van der Waals surface area contributed by atoms with E-state index in [0.29, 0.717) is 16.8 Å². The maximum absolute atomic E-state index is 13.4. The number of anilines is 1. The molecule has 5 heteroatoms. The van der Waals surface area contributed by atoms with Crippen LogP contribution in [0.1, 0.15) is 46.8 Å². The van der Waals surface area contributed by atoms with E-state index >= 15 is 0 Å². The van der Waals surface area contributed by atoms with Crippen LogP contribution in [0.25, 0.3) is 0 Å². The normalized spacial score (nSPS) is 17.2. The molecule has 1 N–H and O–H groups in total. The summed E-state index contributed by atoms with van der Waals surface area (Å²) in [6, 6.07) is 22.2. The molecular formula is C28H29NO4. The van der Waals surface area contributed by atoms with Crippen molar-refractivity contribution in [3.63, 3.8) is 0 Å². The summed E-state index contributed by atoms with van der Waals surface area (Å²) in [5.74, 6) is -0.0269. The van der Waals surface area contributed by atoms with E-state index in [4.69, 9.17) is 4.74 Å². The molecule has 0 aromatic heterocycles. The molecular weight excluding hydrogens is 414 g/mol. The molecule has 4 rings (SSSR count). The average molecular weight is 444 g/mol. The van der Waals surface area contributed by atoms with E-state index < -0.39 is 11.5 Å². The predicted octanol–water partition coefficient (Wildman–Crippen LogP) is 4.83. The molecule has 5 nitrogen and oxygen atoms in total. The molecule has 33 heavy (non-hydrogen) atoms. The Morgan fingerprint density at radius 1 is 1.03 bits per heavy atom. The van der Waals surface area contributed by atoms with Crippen molar-refractivity contribution in [3.8, 4) is 5.75 Å². The van der Waals surface area contributed by atoms with Crippen LogP contribution in [0.15, 0.2) is 72.8 Å². The molecule has 0 radical (unpaired) electrons. The third kappa shape index (κ3) is 4.69. The van der Waals surface area contributed by atoms with E-state index in [0.717, 1.165) is 29.7 Å². The number of amides is 1. The van der Waals surface area contributed by atoms with Gasteiger partial charge in [-0.25, -0.2) is 0 Å². The number of fused-ring (bicyclic) bond motifs is 1. The van der Waals surface area contributed by atoms with Gasteiger partial charge >= 0.3 is 0 Å². The second-order valence-corrected chi connectivity index (χ2v) is 8.55. The van der Waals surface area contributed by atoms with E-state index in [-0.39, 0.29) is 25.4 Å². The molecule has 1 unspecified atom stereocenters. The van der Waals surface area contributed by atoms with Gasteiger partial charge in [0.05, 0.1) is 18.7 Å². The van der Waals surface area contributed by atoms with Crippen molar-refractivity contribution in [1.29, 1.82) is 0 Å². The van der Waals surface area contributed by atoms with Gasteiger partial charge in [-0.15, -0.1) is 0 Å². The molecule has 0 saturated heterocycles. The minimum atomic E-state index is -1.89. The molecule has 0 bridgehead atoms. The van der Waals surface area contributed by atoms with Gasteiger partial charge in [0.2, 0.25) is 0 Å². The fourth-order valence-corrected chi connectivity index (χ4v) is 4.34. The maximum Gasteiger partial charge on any atom is 0.264 e. The molecule has 170 valence electrons. The van der Waals surface area contributed by atoms with Gasteiger partial charge in [-0.2, -0.15) is 0 Å². The molecule has 1 aliphatic heterocycles. The van der Waals surface area contributed by atoms with Crippen molar-refractivity contribution < 1.29 is 19.4 Å². The summed E-state index contributed by atoms with van der Waals surface area (Å²) < 4.78 is 5.82. The fraction of sp³-hybridized carbons (Fsp3) is 0.286. The number of Topliss-reactive ketones (excluding diaryl/α,β-unsaturated/α-hetero) is 1. The molecule has 1 atom stereocenters. The highest BCUT2D eigenvalue weighted by Gasteiger charge is 2.50. The Morgan fingerprint density at radius 3 is 2.52 bits per heavy atom. The first kappa shape index (κ1) is 22.7. The van der Waals surface area contributed by atoms with Crippen molar-refractivity contribution in [2.75, 3.05) is 18.1 Å². The summed E-state index contributed by atoms with van der Waals surface area (Å²) >= 11 is 0. The SMILES string of the molecule is CCCc1ccc(C(=O)CC2(O)C(=O)N(CCOc3cccc(C)c3)c3ccccc32)cc1. The highest BCUT2D eigenvalue weighted by Crippen LogP contribution is 2.42. The average Bonchev–Trinajstić information content (AvgIpc) is 3.02. The lowest BCUT2D eigenvalue weighted by atomic mass is 9.88. The molecule has 3 aromatic rings. The van der Waals surface area contributed by atoms with Crippen LogP contribution in [-0.4, -0.2) is 29.9 Å². The van der Waals surface area contributed by atoms with Gasteiger partial charge in [0.1, 0.15) is 12.4 Å². The number of hydrogen-bond acceptors (Lipinski definition) is 4. The van der Waals surface area contributed by atoms with Gasteiger partial charge in [-0.3, -0.25) is 9.59 Å². The predicted molar refractivity (Wildman–Crippen MR) is 129 cm³/mol. The highest BCUT2D eigenvalue weighted by atomic mass is 16.5. The molecule has 3 aromatic carbocycles. The van der Waals surface area contributed by atoms with Gasteiger partial charge in [0.25, 0.3) is 5.91 Å². The summed E-state index contributed by atoms with van der Waals surface area (Å²) in [7, 11) is 0. The lowest BCUT2D eigenvalue weighted by Crippen LogP contribution is -2.43. The minimum Gasteiger partial charge on any atom is -0.492 e. The second kappa shape index (κ2) is 9.59. The molecule has 0 aliphatic carbocycles. The number of ether oxygens (including phenoxy) is 1. The van der Waals surface area contributed by atoms with Crippen LogP contribution in [0.2, 0.25) is 0 Å². The number of rotatable bonds is 9.